The second-order valence-corrected chi connectivity index (χ2v) is 8.12. The van der Waals surface area contributed by atoms with Gasteiger partial charge >= 0.3 is 5.69 Å². The van der Waals surface area contributed by atoms with Crippen LogP contribution in [-0.4, -0.2) is 25.2 Å². The largest absolute Gasteiger partial charge is 0.383 e. The number of aromatic nitrogens is 4. The average Bonchev–Trinajstić information content (AvgIpc) is 3.13. The molecule has 4 rings (SSSR count). The van der Waals surface area contributed by atoms with E-state index in [1.165, 1.54) is 9.47 Å². The number of hydrogen-bond donors (Lipinski definition) is 2. The summed E-state index contributed by atoms with van der Waals surface area (Å²) >= 11 is 0. The number of hydrogen-bond acceptors (Lipinski definition) is 5. The predicted molar refractivity (Wildman–Crippen MR) is 131 cm³/mol. The van der Waals surface area contributed by atoms with Crippen molar-refractivity contribution in [1.29, 1.82) is 0 Å². The van der Waals surface area contributed by atoms with Crippen molar-refractivity contribution in [3.05, 3.63) is 110 Å². The quantitative estimate of drug-likeness (QED) is 0.440. The molecule has 0 radical (unpaired) electrons. The lowest BCUT2D eigenvalue weighted by Crippen LogP contribution is -2.42. The van der Waals surface area contributed by atoms with Crippen LogP contribution in [-0.2, 0) is 24.4 Å². The maximum absolute atomic E-state index is 13.5. The topological polar surface area (TPSA) is 119 Å². The van der Waals surface area contributed by atoms with E-state index >= 15 is 0 Å². The van der Waals surface area contributed by atoms with Gasteiger partial charge in [0.15, 0.2) is 5.69 Å². The zero-order chi connectivity index (χ0) is 24.2. The number of nitrogen functional groups attached to an aromatic ring is 1. The number of benzene rings is 2. The van der Waals surface area contributed by atoms with Crippen LogP contribution in [0, 0.1) is 13.8 Å². The Morgan fingerprint density at radius 3 is 2.21 bits per heavy atom. The van der Waals surface area contributed by atoms with E-state index in [1.54, 1.807) is 4.68 Å². The van der Waals surface area contributed by atoms with Gasteiger partial charge in [0, 0.05) is 5.69 Å². The van der Waals surface area contributed by atoms with E-state index in [0.29, 0.717) is 0 Å². The van der Waals surface area contributed by atoms with Gasteiger partial charge in [0.25, 0.3) is 5.56 Å². The lowest BCUT2D eigenvalue weighted by Gasteiger charge is -2.25. The van der Waals surface area contributed by atoms with Crippen LogP contribution < -0.4 is 21.9 Å². The summed E-state index contributed by atoms with van der Waals surface area (Å²) < 4.78 is 2.85. The molecule has 1 amide bonds. The molecule has 2 heterocycles. The van der Waals surface area contributed by atoms with E-state index in [0.717, 1.165) is 22.5 Å². The lowest BCUT2D eigenvalue weighted by molar-refractivity contribution is -0.119. The fourth-order valence-electron chi connectivity index (χ4n) is 3.87. The van der Waals surface area contributed by atoms with Gasteiger partial charge in [-0.15, -0.1) is 0 Å². The van der Waals surface area contributed by atoms with Crippen LogP contribution in [0.5, 0.6) is 0 Å². The minimum atomic E-state index is -0.718. The molecule has 0 saturated heterocycles. The zero-order valence-corrected chi connectivity index (χ0v) is 19.1. The van der Waals surface area contributed by atoms with Gasteiger partial charge in [0.1, 0.15) is 12.4 Å². The minimum absolute atomic E-state index is 0.0640. The molecule has 0 spiro atoms. The smallest absolute Gasteiger partial charge is 0.330 e. The maximum atomic E-state index is 13.5. The van der Waals surface area contributed by atoms with Crippen LogP contribution >= 0.6 is 0 Å². The molecule has 0 aliphatic rings. The standard InChI is InChI=1S/C25H26N6O3/c1-17-13-18(2)31(28-17)16-21(32)29(14-19-9-5-3-6-10-19)22-23(26)30(25(34)27-24(22)33)15-20-11-7-4-8-12-20/h3-13H,14-16,26H2,1-2H3,(H,27,33,34). The first-order valence-electron chi connectivity index (χ1n) is 10.9. The van der Waals surface area contributed by atoms with Crippen LogP contribution in [0.3, 0.4) is 0 Å². The highest BCUT2D eigenvalue weighted by Gasteiger charge is 2.25. The van der Waals surface area contributed by atoms with Gasteiger partial charge in [-0.1, -0.05) is 60.7 Å². The van der Waals surface area contributed by atoms with E-state index in [-0.39, 0.29) is 37.0 Å². The van der Waals surface area contributed by atoms with E-state index < -0.39 is 11.2 Å². The van der Waals surface area contributed by atoms with Crippen LogP contribution in [0.25, 0.3) is 0 Å². The molecule has 34 heavy (non-hydrogen) atoms. The highest BCUT2D eigenvalue weighted by molar-refractivity contribution is 5.95. The fourth-order valence-corrected chi connectivity index (χ4v) is 3.87. The summed E-state index contributed by atoms with van der Waals surface area (Å²) in [5.74, 6) is -0.451. The molecule has 0 unspecified atom stereocenters. The van der Waals surface area contributed by atoms with Crippen LogP contribution in [0.1, 0.15) is 22.5 Å². The first-order chi connectivity index (χ1) is 16.3. The number of nitrogens with two attached hydrogens (primary N) is 1. The minimum Gasteiger partial charge on any atom is -0.383 e. The summed E-state index contributed by atoms with van der Waals surface area (Å²) in [5.41, 5.74) is 8.21. The molecule has 174 valence electrons. The van der Waals surface area contributed by atoms with E-state index in [9.17, 15) is 14.4 Å². The normalized spacial score (nSPS) is 10.9. The molecule has 9 heteroatoms. The van der Waals surface area contributed by atoms with Gasteiger partial charge in [-0.2, -0.15) is 5.10 Å². The predicted octanol–water partition coefficient (Wildman–Crippen LogP) is 2.21. The number of nitrogens with zero attached hydrogens (tertiary/aromatic N) is 4. The highest BCUT2D eigenvalue weighted by atomic mass is 16.2. The molecular weight excluding hydrogens is 432 g/mol. The molecular formula is C25H26N6O3. The van der Waals surface area contributed by atoms with Gasteiger partial charge in [0.05, 0.1) is 18.8 Å². The molecule has 0 aliphatic carbocycles. The monoisotopic (exact) mass is 458 g/mol. The van der Waals surface area contributed by atoms with Crippen molar-refractivity contribution in [2.75, 3.05) is 10.6 Å². The Hall–Kier alpha value is -4.40. The van der Waals surface area contributed by atoms with E-state index in [2.05, 4.69) is 10.1 Å². The molecule has 0 fully saturated rings. The SMILES string of the molecule is Cc1cc(C)n(CC(=O)N(Cc2ccccc2)c2c(N)n(Cc3ccccc3)c(=O)[nH]c2=O)n1. The van der Waals surface area contributed by atoms with E-state index in [1.807, 2.05) is 80.6 Å². The highest BCUT2D eigenvalue weighted by Crippen LogP contribution is 2.21. The van der Waals surface area contributed by atoms with Crippen molar-refractivity contribution in [3.8, 4) is 0 Å². The van der Waals surface area contributed by atoms with Gasteiger partial charge in [-0.3, -0.25) is 28.7 Å². The summed E-state index contributed by atoms with van der Waals surface area (Å²) in [6.45, 7) is 3.88. The lowest BCUT2D eigenvalue weighted by atomic mass is 10.2. The van der Waals surface area contributed by atoms with Gasteiger partial charge < -0.3 is 5.73 Å². The molecule has 0 saturated carbocycles. The summed E-state index contributed by atoms with van der Waals surface area (Å²) in [6, 6.07) is 20.4. The summed E-state index contributed by atoms with van der Waals surface area (Å²) in [5, 5.41) is 4.36. The summed E-state index contributed by atoms with van der Waals surface area (Å²) in [4.78, 5) is 42.7. The average molecular weight is 459 g/mol. The maximum Gasteiger partial charge on any atom is 0.330 e. The Morgan fingerprint density at radius 1 is 1.00 bits per heavy atom. The Kier molecular flexibility index (Phi) is 6.44. The summed E-state index contributed by atoms with van der Waals surface area (Å²) in [6.07, 6.45) is 0. The summed E-state index contributed by atoms with van der Waals surface area (Å²) in [7, 11) is 0. The number of anilines is 2. The van der Waals surface area contributed by atoms with Crippen molar-refractivity contribution in [3.63, 3.8) is 0 Å². The van der Waals surface area contributed by atoms with Crippen LogP contribution in [0.15, 0.2) is 76.3 Å². The number of carbonyl (C=O) groups excluding carboxylic acids is 1. The zero-order valence-electron chi connectivity index (χ0n) is 19.1. The van der Waals surface area contributed by atoms with Crippen LogP contribution in [0.4, 0.5) is 11.5 Å². The number of rotatable bonds is 7. The molecule has 0 atom stereocenters. The third kappa shape index (κ3) is 4.83. The number of aromatic amines is 1. The van der Waals surface area contributed by atoms with Gasteiger partial charge in [0.2, 0.25) is 5.91 Å². The first-order valence-corrected chi connectivity index (χ1v) is 10.9. The molecule has 4 aromatic rings. The van der Waals surface area contributed by atoms with Crippen molar-refractivity contribution in [1.82, 2.24) is 19.3 Å². The number of amides is 1. The number of carbonyl (C=O) groups is 1. The van der Waals surface area contributed by atoms with Crippen molar-refractivity contribution >= 4 is 17.4 Å². The third-order valence-electron chi connectivity index (χ3n) is 5.54. The number of aryl methyl sites for hydroxylation is 2. The molecule has 2 aromatic carbocycles. The van der Waals surface area contributed by atoms with Crippen molar-refractivity contribution in [2.24, 2.45) is 0 Å². The molecule has 0 bridgehead atoms. The van der Waals surface area contributed by atoms with Crippen molar-refractivity contribution in [2.45, 2.75) is 33.5 Å². The fraction of sp³-hybridized carbons (Fsp3) is 0.200. The van der Waals surface area contributed by atoms with Gasteiger partial charge in [-0.25, -0.2) is 4.79 Å². The first kappa shape index (κ1) is 22.8. The molecule has 9 nitrogen and oxygen atoms in total. The van der Waals surface area contributed by atoms with Gasteiger partial charge in [-0.05, 0) is 31.0 Å². The second kappa shape index (κ2) is 9.62. The second-order valence-electron chi connectivity index (χ2n) is 8.12. The Balaban J connectivity index is 1.79. The Morgan fingerprint density at radius 2 is 1.62 bits per heavy atom. The number of H-pyrrole nitrogens is 1. The molecule has 2 aromatic heterocycles. The van der Waals surface area contributed by atoms with Crippen LogP contribution in [0.2, 0.25) is 0 Å². The Labute approximate surface area is 196 Å². The Bertz CT molecular complexity index is 1420. The third-order valence-corrected chi connectivity index (χ3v) is 5.54. The van der Waals surface area contributed by atoms with Crippen molar-refractivity contribution < 1.29 is 4.79 Å². The molecule has 0 aliphatic heterocycles. The molecule has 3 N–H and O–H groups in total. The number of nitrogens with one attached hydrogen (secondary N) is 1. The van der Waals surface area contributed by atoms with E-state index in [4.69, 9.17) is 5.73 Å².